The predicted molar refractivity (Wildman–Crippen MR) is 108 cm³/mol. The van der Waals surface area contributed by atoms with Crippen molar-refractivity contribution in [2.24, 2.45) is 0 Å². The Morgan fingerprint density at radius 1 is 1.21 bits per heavy atom. The molecule has 2 aromatic heterocycles. The second kappa shape index (κ2) is 8.98. The van der Waals surface area contributed by atoms with Gasteiger partial charge >= 0.3 is 6.03 Å². The van der Waals surface area contributed by atoms with Gasteiger partial charge in [-0.1, -0.05) is 37.3 Å². The monoisotopic (exact) mass is 380 g/mol. The molecular formula is C20H24N6O2. The van der Waals surface area contributed by atoms with E-state index in [1.54, 1.807) is 13.0 Å². The second-order valence-electron chi connectivity index (χ2n) is 6.47. The van der Waals surface area contributed by atoms with E-state index in [9.17, 15) is 9.59 Å². The van der Waals surface area contributed by atoms with Gasteiger partial charge < -0.3 is 5.32 Å². The largest absolute Gasteiger partial charge is 0.338 e. The zero-order valence-corrected chi connectivity index (χ0v) is 16.0. The number of benzene rings is 1. The Labute approximate surface area is 163 Å². The Kier molecular flexibility index (Phi) is 6.21. The van der Waals surface area contributed by atoms with Crippen molar-refractivity contribution in [1.82, 2.24) is 25.1 Å². The molecule has 0 radical (unpaired) electrons. The molecule has 28 heavy (non-hydrogen) atoms. The minimum Gasteiger partial charge on any atom is -0.338 e. The maximum Gasteiger partial charge on any atom is 0.320 e. The van der Waals surface area contributed by atoms with Gasteiger partial charge in [0.1, 0.15) is 5.82 Å². The van der Waals surface area contributed by atoms with E-state index in [2.05, 4.69) is 37.8 Å². The van der Waals surface area contributed by atoms with Crippen LogP contribution in [0.25, 0.3) is 5.95 Å². The van der Waals surface area contributed by atoms with Crippen LogP contribution in [0.1, 0.15) is 30.3 Å². The zero-order chi connectivity index (χ0) is 19.9. The fraction of sp³-hybridized carbons (Fsp3) is 0.300. The van der Waals surface area contributed by atoms with Crippen LogP contribution in [0, 0.1) is 6.92 Å². The molecule has 3 rings (SSSR count). The number of H-pyrrole nitrogens is 1. The molecule has 0 atom stereocenters. The Balaban J connectivity index is 1.62. The van der Waals surface area contributed by atoms with Crippen molar-refractivity contribution in [2.45, 2.75) is 33.1 Å². The molecular weight excluding hydrogens is 356 g/mol. The lowest BCUT2D eigenvalue weighted by molar-refractivity contribution is 0.252. The number of nitrogens with zero attached hydrogens (tertiary/aromatic N) is 3. The highest BCUT2D eigenvalue weighted by atomic mass is 16.2. The van der Waals surface area contributed by atoms with Gasteiger partial charge in [0.25, 0.3) is 5.56 Å². The van der Waals surface area contributed by atoms with E-state index in [1.807, 2.05) is 25.1 Å². The van der Waals surface area contributed by atoms with Crippen molar-refractivity contribution >= 4 is 11.8 Å². The number of aryl methyl sites for hydroxylation is 3. The van der Waals surface area contributed by atoms with E-state index in [-0.39, 0.29) is 17.5 Å². The molecule has 3 aromatic rings. The van der Waals surface area contributed by atoms with Crippen LogP contribution < -0.4 is 16.2 Å². The van der Waals surface area contributed by atoms with E-state index < -0.39 is 0 Å². The van der Waals surface area contributed by atoms with Crippen LogP contribution >= 0.6 is 0 Å². The molecule has 8 nitrogen and oxygen atoms in total. The van der Waals surface area contributed by atoms with Crippen molar-refractivity contribution in [1.29, 1.82) is 0 Å². The first-order chi connectivity index (χ1) is 13.5. The lowest BCUT2D eigenvalue weighted by Crippen LogP contribution is -2.31. The van der Waals surface area contributed by atoms with Crippen molar-refractivity contribution in [3.05, 3.63) is 69.8 Å². The van der Waals surface area contributed by atoms with E-state index in [4.69, 9.17) is 0 Å². The second-order valence-corrected chi connectivity index (χ2v) is 6.47. The molecule has 0 saturated carbocycles. The molecule has 1 aromatic carbocycles. The molecule has 0 spiro atoms. The van der Waals surface area contributed by atoms with Gasteiger partial charge in [-0.25, -0.2) is 9.78 Å². The van der Waals surface area contributed by atoms with E-state index in [1.165, 1.54) is 16.3 Å². The van der Waals surface area contributed by atoms with E-state index in [0.29, 0.717) is 30.2 Å². The fourth-order valence-corrected chi connectivity index (χ4v) is 2.82. The lowest BCUT2D eigenvalue weighted by atomic mass is 10.1. The number of nitrogens with one attached hydrogen (secondary N) is 3. The van der Waals surface area contributed by atoms with Crippen LogP contribution in [0.4, 0.5) is 10.6 Å². The van der Waals surface area contributed by atoms with Gasteiger partial charge in [0.05, 0.1) is 5.69 Å². The summed E-state index contributed by atoms with van der Waals surface area (Å²) >= 11 is 0. The SMILES string of the molecule is CCc1cc(=O)[nH]c(-n2nc(C)cc2NC(=O)NCCCc2ccccc2)n1. The zero-order valence-electron chi connectivity index (χ0n) is 16.0. The van der Waals surface area contributed by atoms with Crippen LogP contribution in [-0.2, 0) is 12.8 Å². The molecule has 3 N–H and O–H groups in total. The Hall–Kier alpha value is -3.42. The van der Waals surface area contributed by atoms with Crippen molar-refractivity contribution < 1.29 is 4.79 Å². The molecule has 0 aliphatic heterocycles. The third-order valence-electron chi connectivity index (χ3n) is 4.19. The van der Waals surface area contributed by atoms with Gasteiger partial charge in [-0.15, -0.1) is 0 Å². The average Bonchev–Trinajstić information content (AvgIpc) is 3.05. The summed E-state index contributed by atoms with van der Waals surface area (Å²) in [5.74, 6) is 0.714. The Morgan fingerprint density at radius 3 is 2.75 bits per heavy atom. The molecule has 0 aliphatic carbocycles. The first-order valence-electron chi connectivity index (χ1n) is 9.31. The fourth-order valence-electron chi connectivity index (χ4n) is 2.82. The normalized spacial score (nSPS) is 10.6. The van der Waals surface area contributed by atoms with Gasteiger partial charge in [-0.05, 0) is 31.7 Å². The number of hydrogen-bond donors (Lipinski definition) is 3. The number of hydrogen-bond acceptors (Lipinski definition) is 4. The summed E-state index contributed by atoms with van der Waals surface area (Å²) in [6.07, 6.45) is 2.36. The lowest BCUT2D eigenvalue weighted by Gasteiger charge is -2.10. The summed E-state index contributed by atoms with van der Waals surface area (Å²) in [6.45, 7) is 4.28. The average molecular weight is 380 g/mol. The minimum atomic E-state index is -0.330. The van der Waals surface area contributed by atoms with Gasteiger partial charge in [-0.2, -0.15) is 9.78 Å². The molecule has 2 heterocycles. The summed E-state index contributed by atoms with van der Waals surface area (Å²) < 4.78 is 1.43. The number of aromatic nitrogens is 4. The molecule has 0 bridgehead atoms. The topological polar surface area (TPSA) is 105 Å². The third kappa shape index (κ3) is 5.06. The molecule has 2 amide bonds. The van der Waals surface area contributed by atoms with Gasteiger partial charge in [0.15, 0.2) is 0 Å². The molecule has 8 heteroatoms. The quantitative estimate of drug-likeness (QED) is 0.548. The Bertz CT molecular complexity index is 993. The van der Waals surface area contributed by atoms with E-state index >= 15 is 0 Å². The van der Waals surface area contributed by atoms with Crippen molar-refractivity contribution in [3.63, 3.8) is 0 Å². The van der Waals surface area contributed by atoms with E-state index in [0.717, 1.165) is 12.8 Å². The number of carbonyl (C=O) groups excluding carboxylic acids is 1. The molecule has 0 aliphatic rings. The van der Waals surface area contributed by atoms with Crippen LogP contribution in [0.3, 0.4) is 0 Å². The molecule has 0 saturated heterocycles. The van der Waals surface area contributed by atoms with Gasteiger partial charge in [0.2, 0.25) is 5.95 Å². The summed E-state index contributed by atoms with van der Waals surface area (Å²) in [5, 5.41) is 9.94. The standard InChI is InChI=1S/C20H24N6O2/c1-3-16-13-18(27)24-19(22-16)26-17(12-14(2)25-26)23-20(28)21-11-7-10-15-8-5-4-6-9-15/h4-6,8-9,12-13H,3,7,10-11H2,1-2H3,(H2,21,23,28)(H,22,24,27). The highest BCUT2D eigenvalue weighted by Gasteiger charge is 2.13. The van der Waals surface area contributed by atoms with Crippen LogP contribution in [0.5, 0.6) is 0 Å². The Morgan fingerprint density at radius 2 is 2.00 bits per heavy atom. The number of anilines is 1. The molecule has 146 valence electrons. The van der Waals surface area contributed by atoms with Crippen molar-refractivity contribution in [3.8, 4) is 5.95 Å². The summed E-state index contributed by atoms with van der Waals surface area (Å²) in [5.41, 5.74) is 2.34. The number of amides is 2. The minimum absolute atomic E-state index is 0.258. The molecule has 0 fully saturated rings. The summed E-state index contributed by atoms with van der Waals surface area (Å²) in [6, 6.07) is 13.0. The van der Waals surface area contributed by atoms with Crippen molar-refractivity contribution in [2.75, 3.05) is 11.9 Å². The smallest absolute Gasteiger partial charge is 0.320 e. The maximum absolute atomic E-state index is 12.3. The first-order valence-corrected chi connectivity index (χ1v) is 9.31. The molecule has 0 unspecified atom stereocenters. The first kappa shape index (κ1) is 19.3. The van der Waals surface area contributed by atoms with Crippen LogP contribution in [-0.4, -0.2) is 32.3 Å². The predicted octanol–water partition coefficient (Wildman–Crippen LogP) is 2.58. The maximum atomic E-state index is 12.3. The summed E-state index contributed by atoms with van der Waals surface area (Å²) in [4.78, 5) is 31.1. The summed E-state index contributed by atoms with van der Waals surface area (Å²) in [7, 11) is 0. The third-order valence-corrected chi connectivity index (χ3v) is 4.19. The number of aromatic amines is 1. The van der Waals surface area contributed by atoms with Gasteiger partial charge in [0, 0.05) is 24.4 Å². The van der Waals surface area contributed by atoms with Crippen LogP contribution in [0.2, 0.25) is 0 Å². The van der Waals surface area contributed by atoms with Gasteiger partial charge in [-0.3, -0.25) is 15.1 Å². The number of rotatable bonds is 7. The number of urea groups is 1. The highest BCUT2D eigenvalue weighted by Crippen LogP contribution is 2.14. The number of carbonyl (C=O) groups is 1. The highest BCUT2D eigenvalue weighted by molar-refractivity contribution is 5.88. The van der Waals surface area contributed by atoms with Crippen LogP contribution in [0.15, 0.2) is 47.3 Å².